The molecule has 19 heavy (non-hydrogen) atoms. The molecule has 0 heterocycles. The molecule has 0 aliphatic rings. The maximum absolute atomic E-state index is 13.4. The van der Waals surface area contributed by atoms with Crippen molar-refractivity contribution in [2.45, 2.75) is 18.2 Å². The Balaban J connectivity index is 2.27. The van der Waals surface area contributed by atoms with Crippen molar-refractivity contribution in [2.75, 3.05) is 7.11 Å². The lowest BCUT2D eigenvalue weighted by Gasteiger charge is -2.15. The number of aryl methyl sites for hydroxylation is 1. The van der Waals surface area contributed by atoms with Crippen LogP contribution >= 0.6 is 15.9 Å². The average molecular weight is 323 g/mol. The van der Waals surface area contributed by atoms with Gasteiger partial charge in [-0.25, -0.2) is 4.39 Å². The van der Waals surface area contributed by atoms with Gasteiger partial charge in [0, 0.05) is 10.4 Å². The smallest absolute Gasteiger partial charge is 0.123 e. The average Bonchev–Trinajstić information content (AvgIpc) is 2.41. The standard InChI is InChI=1S/C16H16BrFO/c1-11-5-3-4-6-12(11)9-15(17)14-10-13(18)7-8-16(14)19-2/h3-8,10,15H,9H2,1-2H3. The van der Waals surface area contributed by atoms with Crippen LogP contribution in [-0.2, 0) is 6.42 Å². The van der Waals surface area contributed by atoms with Crippen LogP contribution in [0.2, 0.25) is 0 Å². The van der Waals surface area contributed by atoms with E-state index in [2.05, 4.69) is 35.0 Å². The van der Waals surface area contributed by atoms with Crippen LogP contribution in [0.5, 0.6) is 5.75 Å². The van der Waals surface area contributed by atoms with E-state index in [1.54, 1.807) is 13.2 Å². The van der Waals surface area contributed by atoms with E-state index >= 15 is 0 Å². The molecule has 0 amide bonds. The normalized spacial score (nSPS) is 12.2. The zero-order chi connectivity index (χ0) is 13.8. The quantitative estimate of drug-likeness (QED) is 0.733. The Morgan fingerprint density at radius 2 is 1.95 bits per heavy atom. The van der Waals surface area contributed by atoms with Crippen LogP contribution in [0.25, 0.3) is 0 Å². The fourth-order valence-electron chi connectivity index (χ4n) is 2.09. The molecule has 0 saturated heterocycles. The first kappa shape index (κ1) is 14.1. The molecular formula is C16H16BrFO. The number of alkyl halides is 1. The molecule has 0 saturated carbocycles. The van der Waals surface area contributed by atoms with Gasteiger partial charge in [-0.15, -0.1) is 0 Å². The van der Waals surface area contributed by atoms with Gasteiger partial charge >= 0.3 is 0 Å². The largest absolute Gasteiger partial charge is 0.496 e. The highest BCUT2D eigenvalue weighted by Gasteiger charge is 2.15. The summed E-state index contributed by atoms with van der Waals surface area (Å²) in [6.45, 7) is 2.08. The maximum atomic E-state index is 13.4. The molecule has 1 unspecified atom stereocenters. The van der Waals surface area contributed by atoms with E-state index in [-0.39, 0.29) is 10.6 Å². The van der Waals surface area contributed by atoms with Gasteiger partial charge in [0.05, 0.1) is 7.11 Å². The first-order valence-electron chi connectivity index (χ1n) is 6.14. The zero-order valence-corrected chi connectivity index (χ0v) is 12.6. The molecule has 0 fully saturated rings. The summed E-state index contributed by atoms with van der Waals surface area (Å²) in [5.74, 6) is 0.460. The summed E-state index contributed by atoms with van der Waals surface area (Å²) in [4.78, 5) is 0.0271. The number of hydrogen-bond donors (Lipinski definition) is 0. The summed E-state index contributed by atoms with van der Waals surface area (Å²) >= 11 is 3.64. The van der Waals surface area contributed by atoms with E-state index in [4.69, 9.17) is 4.74 Å². The SMILES string of the molecule is COc1ccc(F)cc1C(Br)Cc1ccccc1C. The molecule has 0 N–H and O–H groups in total. The number of halogens is 2. The fraction of sp³-hybridized carbons (Fsp3) is 0.250. The molecule has 3 heteroatoms. The van der Waals surface area contributed by atoms with Crippen molar-refractivity contribution in [1.82, 2.24) is 0 Å². The molecular weight excluding hydrogens is 307 g/mol. The van der Waals surface area contributed by atoms with Crippen molar-refractivity contribution in [3.63, 3.8) is 0 Å². The highest BCUT2D eigenvalue weighted by atomic mass is 79.9. The first-order chi connectivity index (χ1) is 9.11. The van der Waals surface area contributed by atoms with E-state index in [1.807, 2.05) is 12.1 Å². The minimum Gasteiger partial charge on any atom is -0.496 e. The third-order valence-corrected chi connectivity index (χ3v) is 4.01. The van der Waals surface area contributed by atoms with Gasteiger partial charge in [0.15, 0.2) is 0 Å². The number of benzene rings is 2. The minimum atomic E-state index is -0.245. The van der Waals surface area contributed by atoms with Gasteiger partial charge in [-0.1, -0.05) is 40.2 Å². The van der Waals surface area contributed by atoms with Gasteiger partial charge in [0.25, 0.3) is 0 Å². The second kappa shape index (κ2) is 6.20. The lowest BCUT2D eigenvalue weighted by Crippen LogP contribution is -2.01. The first-order valence-corrected chi connectivity index (χ1v) is 7.05. The Morgan fingerprint density at radius 3 is 2.63 bits per heavy atom. The predicted octanol–water partition coefficient (Wildman–Crippen LogP) is 4.82. The van der Waals surface area contributed by atoms with Gasteiger partial charge in [-0.3, -0.25) is 0 Å². The molecule has 2 aromatic rings. The zero-order valence-electron chi connectivity index (χ0n) is 11.0. The van der Waals surface area contributed by atoms with Crippen molar-refractivity contribution in [1.29, 1.82) is 0 Å². The van der Waals surface area contributed by atoms with Crippen LogP contribution < -0.4 is 4.74 Å². The van der Waals surface area contributed by atoms with E-state index in [0.29, 0.717) is 5.75 Å². The third kappa shape index (κ3) is 3.35. The van der Waals surface area contributed by atoms with Crippen molar-refractivity contribution >= 4 is 15.9 Å². The molecule has 2 rings (SSSR count). The third-order valence-electron chi connectivity index (χ3n) is 3.19. The summed E-state index contributed by atoms with van der Waals surface area (Å²) in [5.41, 5.74) is 3.32. The highest BCUT2D eigenvalue weighted by Crippen LogP contribution is 2.34. The van der Waals surface area contributed by atoms with Crippen molar-refractivity contribution in [3.05, 3.63) is 65.0 Å². The Morgan fingerprint density at radius 1 is 1.21 bits per heavy atom. The number of ether oxygens (including phenoxy) is 1. The van der Waals surface area contributed by atoms with Gasteiger partial charge in [0.1, 0.15) is 11.6 Å². The van der Waals surface area contributed by atoms with Crippen LogP contribution in [0.15, 0.2) is 42.5 Å². The van der Waals surface area contributed by atoms with Crippen molar-refractivity contribution in [2.24, 2.45) is 0 Å². The second-order valence-corrected chi connectivity index (χ2v) is 5.59. The second-order valence-electron chi connectivity index (χ2n) is 4.48. The summed E-state index contributed by atoms with van der Waals surface area (Å²) in [6, 6.07) is 12.8. The molecule has 0 spiro atoms. The lowest BCUT2D eigenvalue weighted by molar-refractivity contribution is 0.408. The Bertz CT molecular complexity index is 568. The molecule has 1 atom stereocenters. The number of rotatable bonds is 4. The highest BCUT2D eigenvalue weighted by molar-refractivity contribution is 9.09. The summed E-state index contributed by atoms with van der Waals surface area (Å²) in [6.07, 6.45) is 0.798. The summed E-state index contributed by atoms with van der Waals surface area (Å²) in [7, 11) is 1.60. The van der Waals surface area contributed by atoms with Gasteiger partial charge < -0.3 is 4.74 Å². The molecule has 0 aliphatic heterocycles. The molecule has 1 nitrogen and oxygen atoms in total. The Hall–Kier alpha value is -1.35. The van der Waals surface area contributed by atoms with E-state index < -0.39 is 0 Å². The molecule has 100 valence electrons. The Labute approximate surface area is 121 Å². The molecule has 0 aromatic heterocycles. The van der Waals surface area contributed by atoms with Crippen LogP contribution in [0.1, 0.15) is 21.5 Å². The van der Waals surface area contributed by atoms with Gasteiger partial charge in [0.2, 0.25) is 0 Å². The van der Waals surface area contributed by atoms with Gasteiger partial charge in [-0.05, 0) is 42.7 Å². The summed E-state index contributed by atoms with van der Waals surface area (Å²) < 4.78 is 18.7. The van der Waals surface area contributed by atoms with Gasteiger partial charge in [-0.2, -0.15) is 0 Å². The van der Waals surface area contributed by atoms with Crippen molar-refractivity contribution in [3.8, 4) is 5.75 Å². The fourth-order valence-corrected chi connectivity index (χ4v) is 2.80. The van der Waals surface area contributed by atoms with E-state index in [9.17, 15) is 4.39 Å². The molecule has 2 aromatic carbocycles. The van der Waals surface area contributed by atoms with E-state index in [0.717, 1.165) is 12.0 Å². The topological polar surface area (TPSA) is 9.23 Å². The number of hydrogen-bond acceptors (Lipinski definition) is 1. The van der Waals surface area contributed by atoms with E-state index in [1.165, 1.54) is 23.3 Å². The van der Waals surface area contributed by atoms with Crippen LogP contribution in [-0.4, -0.2) is 7.11 Å². The summed E-state index contributed by atoms with van der Waals surface area (Å²) in [5, 5.41) is 0. The number of methoxy groups -OCH3 is 1. The maximum Gasteiger partial charge on any atom is 0.123 e. The Kier molecular flexibility index (Phi) is 4.59. The molecule has 0 bridgehead atoms. The molecule has 0 aliphatic carbocycles. The monoisotopic (exact) mass is 322 g/mol. The van der Waals surface area contributed by atoms with Crippen molar-refractivity contribution < 1.29 is 9.13 Å². The van der Waals surface area contributed by atoms with Crippen LogP contribution in [0.3, 0.4) is 0 Å². The van der Waals surface area contributed by atoms with Crippen LogP contribution in [0.4, 0.5) is 4.39 Å². The predicted molar refractivity (Wildman–Crippen MR) is 79.5 cm³/mol. The minimum absolute atomic E-state index is 0.0271. The van der Waals surface area contributed by atoms with Crippen LogP contribution in [0, 0.1) is 12.7 Å². The molecule has 0 radical (unpaired) electrons. The lowest BCUT2D eigenvalue weighted by atomic mass is 10.00.